The molecule has 1 aromatic rings. The van der Waals surface area contributed by atoms with Crippen LogP contribution in [-0.2, 0) is 16.1 Å². The van der Waals surface area contributed by atoms with Gasteiger partial charge in [0.1, 0.15) is 6.61 Å². The van der Waals surface area contributed by atoms with Gasteiger partial charge in [-0.15, -0.1) is 0 Å². The summed E-state index contributed by atoms with van der Waals surface area (Å²) in [5.41, 5.74) is 0.626. The van der Waals surface area contributed by atoms with Crippen molar-refractivity contribution in [2.24, 2.45) is 0 Å². The molecule has 0 heterocycles. The highest BCUT2D eigenvalue weighted by Gasteiger charge is 2.09. The number of hydrogen-bond acceptors (Lipinski definition) is 4. The maximum atomic E-state index is 10.4. The van der Waals surface area contributed by atoms with Crippen LogP contribution in [0.1, 0.15) is 5.56 Å². The predicted molar refractivity (Wildman–Crippen MR) is 58.1 cm³/mol. The normalized spacial score (nSPS) is 10.1. The third-order valence-electron chi connectivity index (χ3n) is 1.73. The van der Waals surface area contributed by atoms with Gasteiger partial charge in [0.05, 0.1) is 11.5 Å². The van der Waals surface area contributed by atoms with E-state index in [9.17, 15) is 14.9 Å². The van der Waals surface area contributed by atoms with Gasteiger partial charge in [0.2, 0.25) is 0 Å². The Bertz CT molecular complexity index is 420. The van der Waals surface area contributed by atoms with Gasteiger partial charge in [-0.2, -0.15) is 0 Å². The molecule has 0 bridgehead atoms. The van der Waals surface area contributed by atoms with E-state index in [0.29, 0.717) is 10.0 Å². The molecule has 86 valence electrons. The number of nitro groups is 1. The molecule has 7 heteroatoms. The summed E-state index contributed by atoms with van der Waals surface area (Å²) in [5.74, 6) is -1.06. The molecule has 1 rings (SSSR count). The standard InChI is InChI=1S/C9H8BrNO5/c10-8-3-7(11(14)15)2-1-6(8)4-16-5-9(12)13/h1-3H,4-5H2,(H,12,13). The Labute approximate surface area is 99.1 Å². The lowest BCUT2D eigenvalue weighted by Gasteiger charge is -2.04. The summed E-state index contributed by atoms with van der Waals surface area (Å²) < 4.78 is 5.38. The third kappa shape index (κ3) is 3.59. The SMILES string of the molecule is O=C(O)COCc1ccc([N+](=O)[O-])cc1Br. The van der Waals surface area contributed by atoms with Gasteiger partial charge < -0.3 is 9.84 Å². The number of nitro benzene ring substituents is 1. The van der Waals surface area contributed by atoms with E-state index in [4.69, 9.17) is 9.84 Å². The fourth-order valence-corrected chi connectivity index (χ4v) is 1.50. The van der Waals surface area contributed by atoms with E-state index in [1.54, 1.807) is 0 Å². The molecule has 1 aromatic carbocycles. The monoisotopic (exact) mass is 289 g/mol. The second-order valence-corrected chi connectivity index (χ2v) is 3.77. The molecule has 16 heavy (non-hydrogen) atoms. The summed E-state index contributed by atoms with van der Waals surface area (Å²) in [6, 6.07) is 4.20. The van der Waals surface area contributed by atoms with Crippen molar-refractivity contribution < 1.29 is 19.6 Å². The fourth-order valence-electron chi connectivity index (χ4n) is 1.02. The van der Waals surface area contributed by atoms with Crippen LogP contribution in [-0.4, -0.2) is 22.6 Å². The van der Waals surface area contributed by atoms with Crippen molar-refractivity contribution in [1.82, 2.24) is 0 Å². The zero-order valence-corrected chi connectivity index (χ0v) is 9.64. The number of aliphatic carboxylic acids is 1. The highest BCUT2D eigenvalue weighted by Crippen LogP contribution is 2.23. The summed E-state index contributed by atoms with van der Waals surface area (Å²) in [4.78, 5) is 20.1. The van der Waals surface area contributed by atoms with Crippen molar-refractivity contribution in [2.45, 2.75) is 6.61 Å². The lowest BCUT2D eigenvalue weighted by molar-refractivity contribution is -0.384. The van der Waals surface area contributed by atoms with Gasteiger partial charge in [-0.1, -0.05) is 15.9 Å². The van der Waals surface area contributed by atoms with Gasteiger partial charge in [-0.3, -0.25) is 10.1 Å². The van der Waals surface area contributed by atoms with E-state index in [0.717, 1.165) is 0 Å². The Morgan fingerprint density at radius 1 is 1.56 bits per heavy atom. The highest BCUT2D eigenvalue weighted by molar-refractivity contribution is 9.10. The molecule has 0 saturated carbocycles. The van der Waals surface area contributed by atoms with Crippen LogP contribution in [0.2, 0.25) is 0 Å². The van der Waals surface area contributed by atoms with E-state index in [2.05, 4.69) is 15.9 Å². The number of carboxylic acids is 1. The quantitative estimate of drug-likeness (QED) is 0.661. The van der Waals surface area contributed by atoms with E-state index >= 15 is 0 Å². The van der Waals surface area contributed by atoms with Crippen LogP contribution < -0.4 is 0 Å². The lowest BCUT2D eigenvalue weighted by Crippen LogP contribution is -2.06. The molecule has 0 fully saturated rings. The number of non-ortho nitro benzene ring substituents is 1. The zero-order chi connectivity index (χ0) is 12.1. The van der Waals surface area contributed by atoms with Crippen LogP contribution in [0.5, 0.6) is 0 Å². The largest absolute Gasteiger partial charge is 0.480 e. The summed E-state index contributed by atoms with van der Waals surface area (Å²) in [6.45, 7) is -0.311. The average Bonchev–Trinajstić information content (AvgIpc) is 2.19. The number of benzene rings is 1. The third-order valence-corrected chi connectivity index (χ3v) is 2.47. The molecule has 0 unspecified atom stereocenters. The second kappa shape index (κ2) is 5.57. The Morgan fingerprint density at radius 3 is 2.75 bits per heavy atom. The lowest BCUT2D eigenvalue weighted by atomic mass is 10.2. The highest BCUT2D eigenvalue weighted by atomic mass is 79.9. The van der Waals surface area contributed by atoms with Crippen molar-refractivity contribution >= 4 is 27.6 Å². The number of nitrogens with zero attached hydrogens (tertiary/aromatic N) is 1. The molecular formula is C9H8BrNO5. The Morgan fingerprint density at radius 2 is 2.25 bits per heavy atom. The first-order valence-corrected chi connectivity index (χ1v) is 5.02. The van der Waals surface area contributed by atoms with Gasteiger partial charge >= 0.3 is 5.97 Å². The molecule has 0 atom stereocenters. The average molecular weight is 290 g/mol. The zero-order valence-electron chi connectivity index (χ0n) is 8.05. The van der Waals surface area contributed by atoms with Crippen LogP contribution in [0.15, 0.2) is 22.7 Å². The molecule has 0 spiro atoms. The number of carbonyl (C=O) groups is 1. The summed E-state index contributed by atoms with van der Waals surface area (Å²) >= 11 is 3.15. The van der Waals surface area contributed by atoms with Crippen LogP contribution >= 0.6 is 15.9 Å². The topological polar surface area (TPSA) is 89.7 Å². The minimum absolute atomic E-state index is 0.0335. The molecule has 0 amide bonds. The first-order valence-electron chi connectivity index (χ1n) is 4.23. The Balaban J connectivity index is 2.68. The van der Waals surface area contributed by atoms with E-state index in [1.807, 2.05) is 0 Å². The number of halogens is 1. The van der Waals surface area contributed by atoms with Gasteiger partial charge in [0, 0.05) is 16.6 Å². The summed E-state index contributed by atoms with van der Waals surface area (Å²) in [5, 5.41) is 18.8. The molecule has 0 aliphatic rings. The maximum absolute atomic E-state index is 10.4. The van der Waals surface area contributed by atoms with Gasteiger partial charge in [-0.05, 0) is 11.6 Å². The summed E-state index contributed by atoms with van der Waals surface area (Å²) in [6.07, 6.45) is 0. The molecule has 1 N–H and O–H groups in total. The van der Waals surface area contributed by atoms with Gasteiger partial charge in [0.15, 0.2) is 0 Å². The first kappa shape index (κ1) is 12.6. The maximum Gasteiger partial charge on any atom is 0.329 e. The Kier molecular flexibility index (Phi) is 4.39. The Hall–Kier alpha value is -1.47. The molecule has 0 aromatic heterocycles. The van der Waals surface area contributed by atoms with Crippen molar-refractivity contribution in [3.8, 4) is 0 Å². The van der Waals surface area contributed by atoms with Crippen molar-refractivity contribution in [3.05, 3.63) is 38.3 Å². The van der Waals surface area contributed by atoms with Crippen LogP contribution in [0.25, 0.3) is 0 Å². The van der Waals surface area contributed by atoms with Crippen molar-refractivity contribution in [2.75, 3.05) is 6.61 Å². The minimum Gasteiger partial charge on any atom is -0.480 e. The molecule has 0 aliphatic carbocycles. The second-order valence-electron chi connectivity index (χ2n) is 2.92. The van der Waals surface area contributed by atoms with Crippen LogP contribution in [0, 0.1) is 10.1 Å². The van der Waals surface area contributed by atoms with E-state index in [1.165, 1.54) is 18.2 Å². The predicted octanol–water partition coefficient (Wildman–Crippen LogP) is 1.96. The van der Waals surface area contributed by atoms with Gasteiger partial charge in [0.25, 0.3) is 5.69 Å². The molecule has 0 saturated heterocycles. The molecule has 0 radical (unpaired) electrons. The number of hydrogen-bond donors (Lipinski definition) is 1. The minimum atomic E-state index is -1.06. The van der Waals surface area contributed by atoms with Crippen molar-refractivity contribution in [1.29, 1.82) is 0 Å². The number of ether oxygens (including phenoxy) is 1. The van der Waals surface area contributed by atoms with E-state index < -0.39 is 17.5 Å². The van der Waals surface area contributed by atoms with Gasteiger partial charge in [-0.25, -0.2) is 4.79 Å². The molecular weight excluding hydrogens is 282 g/mol. The van der Waals surface area contributed by atoms with Crippen LogP contribution in [0.3, 0.4) is 0 Å². The molecule has 0 aliphatic heterocycles. The smallest absolute Gasteiger partial charge is 0.329 e. The van der Waals surface area contributed by atoms with Crippen molar-refractivity contribution in [3.63, 3.8) is 0 Å². The first-order chi connectivity index (χ1) is 7.50. The van der Waals surface area contributed by atoms with Crippen LogP contribution in [0.4, 0.5) is 5.69 Å². The number of carboxylic acid groups (broad SMARTS) is 1. The fraction of sp³-hybridized carbons (Fsp3) is 0.222. The van der Waals surface area contributed by atoms with E-state index in [-0.39, 0.29) is 12.3 Å². The molecule has 6 nitrogen and oxygen atoms in total. The summed E-state index contributed by atoms with van der Waals surface area (Å²) in [7, 11) is 0. The number of rotatable bonds is 5.